The lowest BCUT2D eigenvalue weighted by atomic mass is 10.2. The van der Waals surface area contributed by atoms with Crippen LogP contribution < -0.4 is 0 Å². The zero-order valence-electron chi connectivity index (χ0n) is 10.1. The van der Waals surface area contributed by atoms with E-state index in [1.165, 1.54) is 30.3 Å². The summed E-state index contributed by atoms with van der Waals surface area (Å²) in [5.74, 6) is -0.407. The van der Waals surface area contributed by atoms with Crippen LogP contribution in [-0.2, 0) is 16.6 Å². The third-order valence-corrected chi connectivity index (χ3v) is 4.47. The Morgan fingerprint density at radius 2 is 1.85 bits per heavy atom. The zero-order chi connectivity index (χ0) is 14.7. The maximum Gasteiger partial charge on any atom is 0.274 e. The van der Waals surface area contributed by atoms with E-state index in [4.69, 9.17) is 0 Å². The molecule has 2 aromatic rings. The van der Waals surface area contributed by atoms with Gasteiger partial charge in [-0.3, -0.25) is 14.3 Å². The number of nitrogens with zero attached hydrogens (tertiary/aromatic N) is 1. The van der Waals surface area contributed by atoms with Gasteiger partial charge in [0.25, 0.3) is 5.69 Å². The Hall–Kier alpha value is -1.60. The van der Waals surface area contributed by atoms with Gasteiger partial charge in [0.2, 0.25) is 0 Å². The Labute approximate surface area is 125 Å². The Morgan fingerprint density at radius 1 is 1.20 bits per heavy atom. The highest BCUT2D eigenvalue weighted by molar-refractivity contribution is 9.10. The molecule has 2 rings (SSSR count). The van der Waals surface area contributed by atoms with Crippen LogP contribution in [0.25, 0.3) is 0 Å². The number of hydrogen-bond donors (Lipinski definition) is 0. The molecular formula is C13H9BrFNO3S. The van der Waals surface area contributed by atoms with E-state index >= 15 is 0 Å². The zero-order valence-corrected chi connectivity index (χ0v) is 12.5. The van der Waals surface area contributed by atoms with Gasteiger partial charge in [0.1, 0.15) is 5.82 Å². The van der Waals surface area contributed by atoms with Crippen molar-refractivity contribution in [2.45, 2.75) is 10.6 Å². The van der Waals surface area contributed by atoms with Crippen molar-refractivity contribution < 1.29 is 13.5 Å². The van der Waals surface area contributed by atoms with Crippen LogP contribution in [0.3, 0.4) is 0 Å². The molecule has 2 aromatic carbocycles. The number of benzene rings is 2. The lowest BCUT2D eigenvalue weighted by Crippen LogP contribution is -2.01. The number of halogens is 2. The fourth-order valence-corrected chi connectivity index (χ4v) is 3.12. The summed E-state index contributed by atoms with van der Waals surface area (Å²) in [6.45, 7) is 0. The summed E-state index contributed by atoms with van der Waals surface area (Å²) in [6, 6.07) is 9.84. The number of hydrogen-bond acceptors (Lipinski definition) is 3. The third kappa shape index (κ3) is 3.49. The molecule has 0 aliphatic rings. The minimum absolute atomic E-state index is 0.00915. The first kappa shape index (κ1) is 14.8. The summed E-state index contributed by atoms with van der Waals surface area (Å²) in [6.07, 6.45) is 0. The second kappa shape index (κ2) is 6.23. The fraction of sp³-hybridized carbons (Fsp3) is 0.0769. The van der Waals surface area contributed by atoms with Crippen molar-refractivity contribution in [2.75, 3.05) is 0 Å². The van der Waals surface area contributed by atoms with Gasteiger partial charge in [-0.15, -0.1) is 0 Å². The minimum Gasteiger partial charge on any atom is -0.258 e. The molecule has 104 valence electrons. The van der Waals surface area contributed by atoms with E-state index in [1.54, 1.807) is 12.1 Å². The first-order valence-corrected chi connectivity index (χ1v) is 7.65. The first-order chi connectivity index (χ1) is 9.47. The summed E-state index contributed by atoms with van der Waals surface area (Å²) in [7, 11) is -1.46. The summed E-state index contributed by atoms with van der Waals surface area (Å²) >= 11 is 3.16. The molecular weight excluding hydrogens is 349 g/mol. The maximum absolute atomic E-state index is 12.8. The number of nitro benzene ring substituents is 1. The average Bonchev–Trinajstić information content (AvgIpc) is 2.41. The molecule has 0 saturated heterocycles. The largest absolute Gasteiger partial charge is 0.274 e. The predicted molar refractivity (Wildman–Crippen MR) is 77.3 cm³/mol. The molecule has 0 aliphatic carbocycles. The topological polar surface area (TPSA) is 60.2 Å². The van der Waals surface area contributed by atoms with Crippen molar-refractivity contribution in [1.29, 1.82) is 0 Å². The van der Waals surface area contributed by atoms with Gasteiger partial charge in [0, 0.05) is 21.0 Å². The molecule has 0 amide bonds. The molecule has 4 nitrogen and oxygen atoms in total. The summed E-state index contributed by atoms with van der Waals surface area (Å²) in [5.41, 5.74) is 0.288. The van der Waals surface area contributed by atoms with E-state index in [0.29, 0.717) is 14.9 Å². The van der Waals surface area contributed by atoms with Crippen LogP contribution in [0.5, 0.6) is 0 Å². The average molecular weight is 358 g/mol. The molecule has 1 unspecified atom stereocenters. The lowest BCUT2D eigenvalue weighted by Gasteiger charge is -2.04. The molecule has 20 heavy (non-hydrogen) atoms. The molecule has 0 bridgehead atoms. The minimum atomic E-state index is -1.46. The third-order valence-electron chi connectivity index (χ3n) is 2.61. The van der Waals surface area contributed by atoms with Gasteiger partial charge >= 0.3 is 0 Å². The van der Waals surface area contributed by atoms with E-state index in [9.17, 15) is 18.7 Å². The summed E-state index contributed by atoms with van der Waals surface area (Å²) in [4.78, 5) is 10.9. The molecule has 0 saturated carbocycles. The van der Waals surface area contributed by atoms with Gasteiger partial charge in [-0.2, -0.15) is 0 Å². The van der Waals surface area contributed by atoms with Gasteiger partial charge in [-0.1, -0.05) is 22.0 Å². The molecule has 1 atom stereocenters. The second-order valence-corrected chi connectivity index (χ2v) is 6.34. The molecule has 0 N–H and O–H groups in total. The van der Waals surface area contributed by atoms with Crippen molar-refractivity contribution in [3.63, 3.8) is 0 Å². The SMILES string of the molecule is O=[N+]([O-])c1cc(Br)ccc1CS(=O)c1ccc(F)cc1. The van der Waals surface area contributed by atoms with Crippen molar-refractivity contribution in [3.05, 3.63) is 68.4 Å². The molecule has 0 heterocycles. The summed E-state index contributed by atoms with van der Waals surface area (Å²) in [5, 5.41) is 11.0. The normalized spacial score (nSPS) is 12.1. The van der Waals surface area contributed by atoms with Crippen LogP contribution in [0.15, 0.2) is 51.8 Å². The van der Waals surface area contributed by atoms with E-state index < -0.39 is 21.5 Å². The summed E-state index contributed by atoms with van der Waals surface area (Å²) < 4.78 is 25.5. The van der Waals surface area contributed by atoms with Crippen LogP contribution >= 0.6 is 15.9 Å². The van der Waals surface area contributed by atoms with Crippen LogP contribution in [0, 0.1) is 15.9 Å². The fourth-order valence-electron chi connectivity index (χ4n) is 1.64. The van der Waals surface area contributed by atoms with E-state index in [1.807, 2.05) is 0 Å². The highest BCUT2D eigenvalue weighted by Gasteiger charge is 2.17. The molecule has 0 fully saturated rings. The monoisotopic (exact) mass is 357 g/mol. The van der Waals surface area contributed by atoms with E-state index in [2.05, 4.69) is 15.9 Å². The van der Waals surface area contributed by atoms with E-state index in [-0.39, 0.29) is 11.4 Å². The lowest BCUT2D eigenvalue weighted by molar-refractivity contribution is -0.385. The van der Waals surface area contributed by atoms with Gasteiger partial charge in [0.05, 0.1) is 21.5 Å². The van der Waals surface area contributed by atoms with Crippen molar-refractivity contribution >= 4 is 32.4 Å². The highest BCUT2D eigenvalue weighted by atomic mass is 79.9. The quantitative estimate of drug-likeness (QED) is 0.617. The van der Waals surface area contributed by atoms with Crippen molar-refractivity contribution in [2.24, 2.45) is 0 Å². The van der Waals surface area contributed by atoms with Crippen molar-refractivity contribution in [3.8, 4) is 0 Å². The highest BCUT2D eigenvalue weighted by Crippen LogP contribution is 2.26. The molecule has 0 aliphatic heterocycles. The first-order valence-electron chi connectivity index (χ1n) is 5.54. The Morgan fingerprint density at radius 3 is 2.45 bits per heavy atom. The van der Waals surface area contributed by atoms with Crippen LogP contribution in [0.1, 0.15) is 5.56 Å². The number of nitro groups is 1. The van der Waals surface area contributed by atoms with Gasteiger partial charge in [0.15, 0.2) is 0 Å². The standard InChI is InChI=1S/C13H9BrFNO3S/c14-10-2-1-9(13(7-10)16(17)18)8-20(19)12-5-3-11(15)4-6-12/h1-7H,8H2. The maximum atomic E-state index is 12.8. The second-order valence-electron chi connectivity index (χ2n) is 3.97. The molecule has 0 radical (unpaired) electrons. The predicted octanol–water partition coefficient (Wildman–Crippen LogP) is 3.80. The van der Waals surface area contributed by atoms with Crippen LogP contribution in [-0.4, -0.2) is 9.13 Å². The van der Waals surface area contributed by atoms with Gasteiger partial charge in [-0.25, -0.2) is 4.39 Å². The van der Waals surface area contributed by atoms with Crippen molar-refractivity contribution in [1.82, 2.24) is 0 Å². The number of rotatable bonds is 4. The molecule has 0 spiro atoms. The van der Waals surface area contributed by atoms with Crippen LogP contribution in [0.4, 0.5) is 10.1 Å². The van der Waals surface area contributed by atoms with Gasteiger partial charge in [-0.05, 0) is 30.3 Å². The smallest absolute Gasteiger partial charge is 0.258 e. The molecule has 7 heteroatoms. The molecule has 0 aromatic heterocycles. The Kier molecular flexibility index (Phi) is 4.61. The van der Waals surface area contributed by atoms with Crippen LogP contribution in [0.2, 0.25) is 0 Å². The Bertz CT molecular complexity index is 676. The van der Waals surface area contributed by atoms with Gasteiger partial charge < -0.3 is 0 Å². The Balaban J connectivity index is 2.28. The van der Waals surface area contributed by atoms with E-state index in [0.717, 1.165) is 0 Å².